The van der Waals surface area contributed by atoms with E-state index < -0.39 is 21.6 Å². The molecule has 1 unspecified atom stereocenters. The number of aliphatic carboxylic acids is 1. The monoisotopic (exact) mass is 286 g/mol. The minimum atomic E-state index is -3.50. The normalized spacial score (nSPS) is 17.2. The van der Waals surface area contributed by atoms with Crippen LogP contribution in [0.4, 0.5) is 4.39 Å². The minimum absolute atomic E-state index is 0.0986. The summed E-state index contributed by atoms with van der Waals surface area (Å²) in [7, 11) is -3.50. The summed E-state index contributed by atoms with van der Waals surface area (Å²) >= 11 is 0. The maximum Gasteiger partial charge on any atom is 0.303 e. The highest BCUT2D eigenvalue weighted by Crippen LogP contribution is 2.45. The van der Waals surface area contributed by atoms with Crippen molar-refractivity contribution in [1.82, 2.24) is 0 Å². The Morgan fingerprint density at radius 3 is 2.53 bits per heavy atom. The lowest BCUT2D eigenvalue weighted by atomic mass is 9.91. The van der Waals surface area contributed by atoms with Crippen LogP contribution in [0.15, 0.2) is 23.1 Å². The number of rotatable bonds is 5. The van der Waals surface area contributed by atoms with Crippen molar-refractivity contribution in [2.75, 3.05) is 6.26 Å². The molecule has 0 bridgehead atoms. The first-order valence-corrected chi connectivity index (χ1v) is 7.89. The van der Waals surface area contributed by atoms with Crippen LogP contribution in [-0.2, 0) is 14.6 Å². The summed E-state index contributed by atoms with van der Waals surface area (Å²) in [6, 6.07) is 3.59. The SMILES string of the molecule is CS(=O)(=O)c1cc(F)cc(C(CC(=O)O)C2CC2)c1. The summed E-state index contributed by atoms with van der Waals surface area (Å²) in [6.07, 6.45) is 2.72. The van der Waals surface area contributed by atoms with Gasteiger partial charge in [-0.25, -0.2) is 12.8 Å². The maximum absolute atomic E-state index is 13.5. The molecule has 0 amide bonds. The molecule has 0 saturated heterocycles. The average Bonchev–Trinajstić information content (AvgIpc) is 3.07. The van der Waals surface area contributed by atoms with Crippen molar-refractivity contribution in [2.45, 2.75) is 30.1 Å². The molecule has 1 aromatic carbocycles. The van der Waals surface area contributed by atoms with Crippen LogP contribution in [0.3, 0.4) is 0 Å². The standard InChI is InChI=1S/C13H15FO4S/c1-19(17,18)11-5-9(4-10(14)6-11)12(7-13(15)16)8-2-3-8/h4-6,8,12H,2-3,7H2,1H3,(H,15,16). The van der Waals surface area contributed by atoms with Gasteiger partial charge in [-0.2, -0.15) is 0 Å². The van der Waals surface area contributed by atoms with Crippen LogP contribution in [0.25, 0.3) is 0 Å². The molecule has 0 heterocycles. The van der Waals surface area contributed by atoms with E-state index in [0.29, 0.717) is 5.56 Å². The highest BCUT2D eigenvalue weighted by atomic mass is 32.2. The molecule has 1 N–H and O–H groups in total. The molecule has 6 heteroatoms. The lowest BCUT2D eigenvalue weighted by Gasteiger charge is -2.15. The van der Waals surface area contributed by atoms with Gasteiger partial charge in [0.05, 0.1) is 11.3 Å². The van der Waals surface area contributed by atoms with E-state index in [0.717, 1.165) is 25.2 Å². The third-order valence-electron chi connectivity index (χ3n) is 3.34. The van der Waals surface area contributed by atoms with Crippen LogP contribution in [0.2, 0.25) is 0 Å². The van der Waals surface area contributed by atoms with Crippen LogP contribution >= 0.6 is 0 Å². The highest BCUT2D eigenvalue weighted by Gasteiger charge is 2.34. The first kappa shape index (κ1) is 14.0. The number of hydrogen-bond acceptors (Lipinski definition) is 3. The van der Waals surface area contributed by atoms with Crippen molar-refractivity contribution in [3.63, 3.8) is 0 Å². The number of sulfone groups is 1. The first-order valence-electron chi connectivity index (χ1n) is 5.99. The largest absolute Gasteiger partial charge is 0.481 e. The predicted molar refractivity (Wildman–Crippen MR) is 67.2 cm³/mol. The summed E-state index contributed by atoms with van der Waals surface area (Å²) in [5.41, 5.74) is 0.463. The summed E-state index contributed by atoms with van der Waals surface area (Å²) in [5, 5.41) is 8.91. The van der Waals surface area contributed by atoms with Gasteiger partial charge in [0.15, 0.2) is 9.84 Å². The predicted octanol–water partition coefficient (Wildman–Crippen LogP) is 2.20. The van der Waals surface area contributed by atoms with Gasteiger partial charge in [0, 0.05) is 6.26 Å². The Hall–Kier alpha value is -1.43. The van der Waals surface area contributed by atoms with Gasteiger partial charge in [-0.15, -0.1) is 0 Å². The van der Waals surface area contributed by atoms with E-state index in [1.54, 1.807) is 0 Å². The van der Waals surface area contributed by atoms with Crippen LogP contribution in [0, 0.1) is 11.7 Å². The lowest BCUT2D eigenvalue weighted by Crippen LogP contribution is -2.10. The van der Waals surface area contributed by atoms with Crippen molar-refractivity contribution in [2.24, 2.45) is 5.92 Å². The van der Waals surface area contributed by atoms with E-state index in [2.05, 4.69) is 0 Å². The third-order valence-corrected chi connectivity index (χ3v) is 4.43. The van der Waals surface area contributed by atoms with Crippen LogP contribution < -0.4 is 0 Å². The fourth-order valence-corrected chi connectivity index (χ4v) is 2.93. The van der Waals surface area contributed by atoms with Crippen molar-refractivity contribution >= 4 is 15.8 Å². The molecule has 1 aromatic rings. The van der Waals surface area contributed by atoms with Crippen LogP contribution in [0.5, 0.6) is 0 Å². The number of hydrogen-bond donors (Lipinski definition) is 1. The van der Waals surface area contributed by atoms with Gasteiger partial charge in [0.25, 0.3) is 0 Å². The number of carbonyl (C=O) groups is 1. The molecule has 0 spiro atoms. The minimum Gasteiger partial charge on any atom is -0.481 e. The van der Waals surface area contributed by atoms with Gasteiger partial charge in [-0.1, -0.05) is 0 Å². The van der Waals surface area contributed by atoms with Crippen molar-refractivity contribution in [3.8, 4) is 0 Å². The topological polar surface area (TPSA) is 71.4 Å². The summed E-state index contributed by atoms with van der Waals surface area (Å²) in [4.78, 5) is 10.8. The summed E-state index contributed by atoms with van der Waals surface area (Å²) in [5.74, 6) is -1.70. The zero-order valence-electron chi connectivity index (χ0n) is 10.5. The first-order chi connectivity index (χ1) is 8.77. The number of carboxylic acids is 1. The smallest absolute Gasteiger partial charge is 0.303 e. The Balaban J connectivity index is 2.42. The van der Waals surface area contributed by atoms with Crippen molar-refractivity contribution in [3.05, 3.63) is 29.6 Å². The molecular weight excluding hydrogens is 271 g/mol. The van der Waals surface area contributed by atoms with Gasteiger partial charge in [0.2, 0.25) is 0 Å². The fraction of sp³-hybridized carbons (Fsp3) is 0.462. The van der Waals surface area contributed by atoms with Crippen molar-refractivity contribution in [1.29, 1.82) is 0 Å². The van der Waals surface area contributed by atoms with E-state index in [-0.39, 0.29) is 23.2 Å². The van der Waals surface area contributed by atoms with E-state index in [4.69, 9.17) is 5.11 Å². The Morgan fingerprint density at radius 2 is 2.05 bits per heavy atom. The summed E-state index contributed by atoms with van der Waals surface area (Å²) in [6.45, 7) is 0. The molecule has 19 heavy (non-hydrogen) atoms. The van der Waals surface area contributed by atoms with E-state index >= 15 is 0 Å². The van der Waals surface area contributed by atoms with Gasteiger partial charge < -0.3 is 5.11 Å². The average molecular weight is 286 g/mol. The second kappa shape index (κ2) is 4.92. The highest BCUT2D eigenvalue weighted by molar-refractivity contribution is 7.90. The fourth-order valence-electron chi connectivity index (χ4n) is 2.26. The Labute approximate surface area is 111 Å². The molecule has 0 aliphatic heterocycles. The van der Waals surface area contributed by atoms with Gasteiger partial charge in [-0.05, 0) is 48.4 Å². The molecule has 1 fully saturated rings. The van der Waals surface area contributed by atoms with Crippen molar-refractivity contribution < 1.29 is 22.7 Å². The molecule has 1 saturated carbocycles. The molecule has 4 nitrogen and oxygen atoms in total. The second-order valence-corrected chi connectivity index (χ2v) is 7.05. The molecule has 104 valence electrons. The van der Waals surface area contributed by atoms with Crippen LogP contribution in [0.1, 0.15) is 30.7 Å². The maximum atomic E-state index is 13.5. The lowest BCUT2D eigenvalue weighted by molar-refractivity contribution is -0.137. The Morgan fingerprint density at radius 1 is 1.42 bits per heavy atom. The van der Waals surface area contributed by atoms with E-state index in [1.807, 2.05) is 0 Å². The molecule has 1 atom stereocenters. The zero-order chi connectivity index (χ0) is 14.2. The Bertz CT molecular complexity index is 605. The zero-order valence-corrected chi connectivity index (χ0v) is 11.3. The number of carboxylic acid groups (broad SMARTS) is 1. The van der Waals surface area contributed by atoms with E-state index in [1.165, 1.54) is 12.1 Å². The van der Waals surface area contributed by atoms with E-state index in [9.17, 15) is 17.6 Å². The molecular formula is C13H15FO4S. The molecule has 2 rings (SSSR count). The molecule has 1 aliphatic rings. The molecule has 0 radical (unpaired) electrons. The summed E-state index contributed by atoms with van der Waals surface area (Å²) < 4.78 is 36.5. The Kier molecular flexibility index (Phi) is 3.62. The van der Waals surface area contributed by atoms with Gasteiger partial charge in [-0.3, -0.25) is 4.79 Å². The molecule has 1 aliphatic carbocycles. The van der Waals surface area contributed by atoms with Gasteiger partial charge in [0.1, 0.15) is 5.82 Å². The third kappa shape index (κ3) is 3.53. The number of halogens is 1. The van der Waals surface area contributed by atoms with Gasteiger partial charge >= 0.3 is 5.97 Å². The second-order valence-electron chi connectivity index (χ2n) is 5.03. The van der Waals surface area contributed by atoms with Crippen LogP contribution in [-0.4, -0.2) is 25.7 Å². The number of benzene rings is 1. The quantitative estimate of drug-likeness (QED) is 0.900. The molecule has 0 aromatic heterocycles.